The molecule has 40 heavy (non-hydrogen) atoms. The molecule has 3 N–H and O–H groups in total. The standard InChI is InChI=1S/C32H60NO6P/c1-22(2)8-7-9-23(3)27-12-13-28-26-11-10-24-20-25(34)14-15-31(24,4)29(26)21-30(32(27,28)5)37-18-19-39-40(35,36)38-17-16-33-6/h22-30,33-34H,7-21H2,1-6H3,(H,35,36)/t23-,24-,25-,26+,27-,28+,29+,30+,31+,32-/m1/s1. The van der Waals surface area contributed by atoms with Crippen LogP contribution in [0.3, 0.4) is 0 Å². The van der Waals surface area contributed by atoms with E-state index < -0.39 is 7.82 Å². The minimum Gasteiger partial charge on any atom is -0.393 e. The van der Waals surface area contributed by atoms with Gasteiger partial charge in [0.15, 0.2) is 0 Å². The highest BCUT2D eigenvalue weighted by molar-refractivity contribution is 7.47. The number of phosphoric ester groups is 1. The van der Waals surface area contributed by atoms with Gasteiger partial charge < -0.3 is 20.1 Å². The molecule has 0 bridgehead atoms. The van der Waals surface area contributed by atoms with Crippen molar-refractivity contribution in [3.8, 4) is 0 Å². The molecule has 4 aliphatic rings. The first-order valence-corrected chi connectivity index (χ1v) is 18.0. The first-order chi connectivity index (χ1) is 18.9. The van der Waals surface area contributed by atoms with E-state index in [-0.39, 0.29) is 36.3 Å². The van der Waals surface area contributed by atoms with Crippen molar-refractivity contribution in [2.45, 2.75) is 117 Å². The molecule has 4 aliphatic carbocycles. The second-order valence-corrected chi connectivity index (χ2v) is 16.2. The lowest BCUT2D eigenvalue weighted by Gasteiger charge is -2.63. The van der Waals surface area contributed by atoms with Gasteiger partial charge in [-0.3, -0.25) is 9.05 Å². The predicted molar refractivity (Wildman–Crippen MR) is 160 cm³/mol. The molecule has 0 radical (unpaired) electrons. The summed E-state index contributed by atoms with van der Waals surface area (Å²) >= 11 is 0. The van der Waals surface area contributed by atoms with Crippen LogP contribution in [0.2, 0.25) is 0 Å². The number of ether oxygens (including phenoxy) is 1. The van der Waals surface area contributed by atoms with E-state index >= 15 is 0 Å². The summed E-state index contributed by atoms with van der Waals surface area (Å²) in [6.07, 6.45) is 13.0. The Bertz CT molecular complexity index is 857. The maximum absolute atomic E-state index is 12.3. The molecule has 0 heterocycles. The van der Waals surface area contributed by atoms with Gasteiger partial charge in [0.2, 0.25) is 0 Å². The maximum atomic E-state index is 12.3. The molecular weight excluding hydrogens is 525 g/mol. The molecule has 0 aromatic heterocycles. The molecule has 0 saturated heterocycles. The third-order valence-electron chi connectivity index (χ3n) is 12.2. The molecule has 4 saturated carbocycles. The Hall–Kier alpha value is -0.0100. The third-order valence-corrected chi connectivity index (χ3v) is 13.2. The van der Waals surface area contributed by atoms with Crippen LogP contribution in [0.5, 0.6) is 0 Å². The summed E-state index contributed by atoms with van der Waals surface area (Å²) < 4.78 is 29.4. The number of hydrogen-bond donors (Lipinski definition) is 3. The SMILES string of the molecule is CNCCOP(=O)(O)OCCO[C@H]1C[C@H]2[C@@H](CC[C@@H]3C[C@H](O)CC[C@@]32C)[C@@H]2CC[C@H]([C@H](C)CCCC(C)C)[C@@]12C. The molecule has 8 heteroatoms. The van der Waals surface area contributed by atoms with E-state index in [1.807, 2.05) is 0 Å². The van der Waals surface area contributed by atoms with Gasteiger partial charge in [-0.25, -0.2) is 4.57 Å². The van der Waals surface area contributed by atoms with Gasteiger partial charge in [0.1, 0.15) is 0 Å². The van der Waals surface area contributed by atoms with Crippen molar-refractivity contribution < 1.29 is 28.3 Å². The number of nitrogens with one attached hydrogen (secondary N) is 1. The van der Waals surface area contributed by atoms with Gasteiger partial charge in [0.25, 0.3) is 0 Å². The van der Waals surface area contributed by atoms with Crippen LogP contribution in [0, 0.1) is 52.3 Å². The number of aliphatic hydroxyl groups excluding tert-OH is 1. The summed E-state index contributed by atoms with van der Waals surface area (Å²) in [4.78, 5) is 10.1. The Labute approximate surface area is 244 Å². The second kappa shape index (κ2) is 13.7. The van der Waals surface area contributed by atoms with Crippen molar-refractivity contribution in [1.82, 2.24) is 5.32 Å². The van der Waals surface area contributed by atoms with E-state index in [9.17, 15) is 14.6 Å². The van der Waals surface area contributed by atoms with Gasteiger partial charge in [0, 0.05) is 6.54 Å². The van der Waals surface area contributed by atoms with Crippen LogP contribution < -0.4 is 5.32 Å². The normalized spacial score (nSPS) is 41.7. The molecule has 0 aromatic carbocycles. The van der Waals surface area contributed by atoms with Crippen molar-refractivity contribution >= 4 is 7.82 Å². The Morgan fingerprint density at radius 3 is 2.42 bits per heavy atom. The van der Waals surface area contributed by atoms with Crippen LogP contribution in [0.1, 0.15) is 105 Å². The van der Waals surface area contributed by atoms with Crippen LogP contribution in [-0.2, 0) is 18.3 Å². The quantitative estimate of drug-likeness (QED) is 0.152. The Morgan fingerprint density at radius 2 is 1.70 bits per heavy atom. The van der Waals surface area contributed by atoms with Gasteiger partial charge in [0.05, 0.1) is 32.0 Å². The van der Waals surface area contributed by atoms with Gasteiger partial charge in [-0.2, -0.15) is 0 Å². The molecule has 0 aromatic rings. The predicted octanol–water partition coefficient (Wildman–Crippen LogP) is 6.82. The van der Waals surface area contributed by atoms with Gasteiger partial charge in [-0.15, -0.1) is 0 Å². The number of aliphatic hydroxyl groups is 1. The summed E-state index contributed by atoms with van der Waals surface area (Å²) in [5, 5.41) is 13.4. The number of phosphoric acid groups is 1. The summed E-state index contributed by atoms with van der Waals surface area (Å²) in [6.45, 7) is 13.2. The van der Waals surface area contributed by atoms with Gasteiger partial charge >= 0.3 is 7.82 Å². The lowest BCUT2D eigenvalue weighted by atomic mass is 9.43. The molecule has 234 valence electrons. The average molecular weight is 586 g/mol. The van der Waals surface area contributed by atoms with Crippen molar-refractivity contribution in [2.24, 2.45) is 52.3 Å². The minimum atomic E-state index is -4.08. The fourth-order valence-corrected chi connectivity index (χ4v) is 10.8. The molecule has 4 rings (SSSR count). The monoisotopic (exact) mass is 585 g/mol. The fraction of sp³-hybridized carbons (Fsp3) is 1.00. The lowest BCUT2D eigenvalue weighted by molar-refractivity contribution is -0.192. The number of fused-ring (bicyclic) bond motifs is 5. The zero-order valence-corrected chi connectivity index (χ0v) is 27.2. The highest BCUT2D eigenvalue weighted by Crippen LogP contribution is 2.69. The van der Waals surface area contributed by atoms with E-state index in [2.05, 4.69) is 39.9 Å². The van der Waals surface area contributed by atoms with Gasteiger partial charge in [-0.1, -0.05) is 53.9 Å². The topological polar surface area (TPSA) is 97.3 Å². The second-order valence-electron chi connectivity index (χ2n) is 14.8. The largest absolute Gasteiger partial charge is 0.472 e. The van der Waals surface area contributed by atoms with Crippen molar-refractivity contribution in [2.75, 3.05) is 33.4 Å². The Morgan fingerprint density at radius 1 is 0.950 bits per heavy atom. The number of rotatable bonds is 14. The Kier molecular flexibility index (Phi) is 11.3. The summed E-state index contributed by atoms with van der Waals surface area (Å²) in [5.41, 5.74) is 0.381. The van der Waals surface area contributed by atoms with Crippen LogP contribution >= 0.6 is 7.82 Å². The molecular formula is C32H60NO6P. The molecule has 0 aliphatic heterocycles. The highest BCUT2D eigenvalue weighted by Gasteiger charge is 2.64. The third kappa shape index (κ3) is 7.03. The van der Waals surface area contributed by atoms with E-state index in [1.54, 1.807) is 7.05 Å². The van der Waals surface area contributed by atoms with Crippen molar-refractivity contribution in [3.05, 3.63) is 0 Å². The molecule has 4 fully saturated rings. The maximum Gasteiger partial charge on any atom is 0.472 e. The average Bonchev–Trinajstić information content (AvgIpc) is 3.25. The number of hydrogen-bond acceptors (Lipinski definition) is 6. The van der Waals surface area contributed by atoms with Crippen LogP contribution in [0.15, 0.2) is 0 Å². The summed E-state index contributed by atoms with van der Waals surface area (Å²) in [5.74, 6) is 4.68. The first-order valence-electron chi connectivity index (χ1n) is 16.5. The zero-order chi connectivity index (χ0) is 29.1. The molecule has 11 atom stereocenters. The fourth-order valence-electron chi connectivity index (χ4n) is 10.1. The minimum absolute atomic E-state index is 0.0549. The van der Waals surface area contributed by atoms with Gasteiger partial charge in [-0.05, 0) is 111 Å². The van der Waals surface area contributed by atoms with E-state index in [0.717, 1.165) is 37.5 Å². The van der Waals surface area contributed by atoms with Crippen molar-refractivity contribution in [3.63, 3.8) is 0 Å². The zero-order valence-electron chi connectivity index (χ0n) is 26.3. The van der Waals surface area contributed by atoms with E-state index in [1.165, 1.54) is 44.9 Å². The molecule has 7 nitrogen and oxygen atoms in total. The van der Waals surface area contributed by atoms with E-state index in [4.69, 9.17) is 13.8 Å². The smallest absolute Gasteiger partial charge is 0.393 e. The highest BCUT2D eigenvalue weighted by atomic mass is 31.2. The summed E-state index contributed by atoms with van der Waals surface area (Å²) in [6, 6.07) is 0. The lowest BCUT2D eigenvalue weighted by Crippen LogP contribution is -2.59. The van der Waals surface area contributed by atoms with Crippen molar-refractivity contribution in [1.29, 1.82) is 0 Å². The van der Waals surface area contributed by atoms with Crippen LogP contribution in [0.25, 0.3) is 0 Å². The molecule has 1 unspecified atom stereocenters. The van der Waals surface area contributed by atoms with Crippen LogP contribution in [0.4, 0.5) is 0 Å². The molecule has 0 amide bonds. The Balaban J connectivity index is 1.50. The van der Waals surface area contributed by atoms with Crippen LogP contribution in [-0.4, -0.2) is 55.6 Å². The first kappa shape index (κ1) is 32.9. The number of likely N-dealkylation sites (N-methyl/N-ethyl adjacent to an activating group) is 1. The van der Waals surface area contributed by atoms with E-state index in [0.29, 0.717) is 42.7 Å². The molecule has 0 spiro atoms. The summed E-state index contributed by atoms with van der Waals surface area (Å²) in [7, 11) is -2.31.